The molecule has 264 valence electrons. The van der Waals surface area contributed by atoms with Crippen LogP contribution in [0.25, 0.3) is 55.3 Å². The van der Waals surface area contributed by atoms with Gasteiger partial charge < -0.3 is 4.90 Å². The standard InChI is InChI=1S/C54H43N/c1-53(2)48-23-10-8-20-45(48)47-22-14-21-41(51(47)53)38-25-28-39(29-26-38)55(52-42-18-7-6-17-37(42)27-31-43(52)36-15-4-3-5-16-36)40-30-32-46-44-19-9-11-24-49(44)54(50(46)35-40)33-12-13-34-54/h3-11,14-32,35H,12-13,33-34H2,1-2H3. The lowest BCUT2D eigenvalue weighted by Gasteiger charge is -2.32. The van der Waals surface area contributed by atoms with Gasteiger partial charge in [0.2, 0.25) is 0 Å². The van der Waals surface area contributed by atoms with E-state index in [1.165, 1.54) is 115 Å². The molecular formula is C54H43N. The van der Waals surface area contributed by atoms with E-state index in [0.717, 1.165) is 5.69 Å². The van der Waals surface area contributed by atoms with Crippen LogP contribution in [0.5, 0.6) is 0 Å². The van der Waals surface area contributed by atoms with Crippen LogP contribution >= 0.6 is 0 Å². The third kappa shape index (κ3) is 4.72. The summed E-state index contributed by atoms with van der Waals surface area (Å²) in [4.78, 5) is 2.55. The Bertz CT molecular complexity index is 2780. The van der Waals surface area contributed by atoms with E-state index >= 15 is 0 Å². The van der Waals surface area contributed by atoms with E-state index < -0.39 is 0 Å². The number of fused-ring (bicyclic) bond motifs is 9. The maximum Gasteiger partial charge on any atom is 0.0618 e. The molecule has 3 aliphatic carbocycles. The summed E-state index contributed by atoms with van der Waals surface area (Å²) in [7, 11) is 0. The first kappa shape index (κ1) is 32.3. The molecule has 1 spiro atoms. The first-order chi connectivity index (χ1) is 27.0. The fourth-order valence-corrected chi connectivity index (χ4v) is 10.7. The van der Waals surface area contributed by atoms with Gasteiger partial charge in [0.1, 0.15) is 0 Å². The van der Waals surface area contributed by atoms with Crippen molar-refractivity contribution in [3.05, 3.63) is 198 Å². The van der Waals surface area contributed by atoms with Crippen molar-refractivity contribution in [2.24, 2.45) is 0 Å². The molecule has 11 rings (SSSR count). The minimum Gasteiger partial charge on any atom is -0.309 e. The summed E-state index contributed by atoms with van der Waals surface area (Å²) in [5, 5.41) is 2.48. The third-order valence-corrected chi connectivity index (χ3v) is 13.2. The Balaban J connectivity index is 1.13. The van der Waals surface area contributed by atoms with Crippen molar-refractivity contribution < 1.29 is 0 Å². The number of hydrogen-bond acceptors (Lipinski definition) is 1. The summed E-state index contributed by atoms with van der Waals surface area (Å²) in [6, 6.07) is 66.1. The molecule has 0 heterocycles. The van der Waals surface area contributed by atoms with E-state index in [1.807, 2.05) is 0 Å². The van der Waals surface area contributed by atoms with Crippen molar-refractivity contribution in [1.82, 2.24) is 0 Å². The molecule has 0 unspecified atom stereocenters. The highest BCUT2D eigenvalue weighted by atomic mass is 15.1. The van der Waals surface area contributed by atoms with E-state index in [-0.39, 0.29) is 10.8 Å². The highest BCUT2D eigenvalue weighted by molar-refractivity contribution is 6.06. The monoisotopic (exact) mass is 705 g/mol. The topological polar surface area (TPSA) is 3.24 Å². The molecule has 1 saturated carbocycles. The Morgan fingerprint density at radius 3 is 1.80 bits per heavy atom. The molecule has 8 aromatic carbocycles. The van der Waals surface area contributed by atoms with E-state index in [1.54, 1.807) is 0 Å². The quantitative estimate of drug-likeness (QED) is 0.172. The van der Waals surface area contributed by atoms with Gasteiger partial charge in [-0.2, -0.15) is 0 Å². The average molecular weight is 706 g/mol. The summed E-state index contributed by atoms with van der Waals surface area (Å²) in [5.74, 6) is 0. The van der Waals surface area contributed by atoms with Crippen molar-refractivity contribution in [3.63, 3.8) is 0 Å². The van der Waals surface area contributed by atoms with Crippen LogP contribution in [0.4, 0.5) is 17.1 Å². The van der Waals surface area contributed by atoms with Gasteiger partial charge in [-0.1, -0.05) is 178 Å². The molecule has 0 N–H and O–H groups in total. The summed E-state index contributed by atoms with van der Waals surface area (Å²) < 4.78 is 0. The molecular weight excluding hydrogens is 663 g/mol. The van der Waals surface area contributed by atoms with Crippen LogP contribution in [0.3, 0.4) is 0 Å². The Hall–Kier alpha value is -6.18. The highest BCUT2D eigenvalue weighted by Gasteiger charge is 2.45. The number of nitrogens with zero attached hydrogens (tertiary/aromatic N) is 1. The molecule has 0 aromatic heterocycles. The summed E-state index contributed by atoms with van der Waals surface area (Å²) in [6.45, 7) is 4.76. The lowest BCUT2D eigenvalue weighted by Crippen LogP contribution is -2.21. The van der Waals surface area contributed by atoms with Gasteiger partial charge in [-0.15, -0.1) is 0 Å². The van der Waals surface area contributed by atoms with Gasteiger partial charge in [0.25, 0.3) is 0 Å². The van der Waals surface area contributed by atoms with Gasteiger partial charge in [0.15, 0.2) is 0 Å². The molecule has 0 radical (unpaired) electrons. The Labute approximate surface area is 324 Å². The van der Waals surface area contributed by atoms with Gasteiger partial charge in [-0.25, -0.2) is 0 Å². The van der Waals surface area contributed by atoms with Crippen molar-refractivity contribution in [2.45, 2.75) is 50.4 Å². The molecule has 55 heavy (non-hydrogen) atoms. The molecule has 1 nitrogen and oxygen atoms in total. The number of anilines is 3. The third-order valence-electron chi connectivity index (χ3n) is 13.2. The zero-order valence-corrected chi connectivity index (χ0v) is 31.5. The minimum atomic E-state index is -0.0844. The molecule has 0 atom stereocenters. The fourth-order valence-electron chi connectivity index (χ4n) is 10.7. The van der Waals surface area contributed by atoms with Crippen molar-refractivity contribution >= 4 is 27.8 Å². The van der Waals surface area contributed by atoms with Gasteiger partial charge in [0, 0.05) is 33.2 Å². The van der Waals surface area contributed by atoms with E-state index in [0.29, 0.717) is 0 Å². The Morgan fingerprint density at radius 1 is 0.418 bits per heavy atom. The summed E-state index contributed by atoms with van der Waals surface area (Å²) >= 11 is 0. The number of rotatable bonds is 5. The SMILES string of the molecule is CC1(C)c2ccccc2-c2cccc(-c3ccc(N(c4ccc5c(c4)C4(CCCC4)c4ccccc4-5)c4c(-c5ccccc5)ccc5ccccc45)cc3)c21. The predicted octanol–water partition coefficient (Wildman–Crippen LogP) is 14.8. The van der Waals surface area contributed by atoms with E-state index in [2.05, 4.69) is 195 Å². The van der Waals surface area contributed by atoms with Crippen molar-refractivity contribution in [1.29, 1.82) is 0 Å². The molecule has 0 saturated heterocycles. The van der Waals surface area contributed by atoms with E-state index in [4.69, 9.17) is 0 Å². The average Bonchev–Trinajstić information content (AvgIpc) is 3.91. The number of benzene rings is 8. The first-order valence-corrected chi connectivity index (χ1v) is 20.0. The smallest absolute Gasteiger partial charge is 0.0618 e. The fraction of sp³-hybridized carbons (Fsp3) is 0.148. The molecule has 1 fully saturated rings. The van der Waals surface area contributed by atoms with Crippen LogP contribution in [0.1, 0.15) is 61.8 Å². The Morgan fingerprint density at radius 2 is 1.00 bits per heavy atom. The maximum atomic E-state index is 2.55. The second kappa shape index (κ2) is 12.2. The molecule has 3 aliphatic rings. The van der Waals surface area contributed by atoms with Crippen molar-refractivity contribution in [3.8, 4) is 44.5 Å². The zero-order chi connectivity index (χ0) is 36.7. The lowest BCUT2D eigenvalue weighted by atomic mass is 9.76. The largest absolute Gasteiger partial charge is 0.309 e. The highest BCUT2D eigenvalue weighted by Crippen LogP contribution is 2.58. The van der Waals surface area contributed by atoms with Crippen molar-refractivity contribution in [2.75, 3.05) is 4.90 Å². The predicted molar refractivity (Wildman–Crippen MR) is 232 cm³/mol. The summed E-state index contributed by atoms with van der Waals surface area (Å²) in [6.07, 6.45) is 4.96. The van der Waals surface area contributed by atoms with Crippen LogP contribution in [-0.2, 0) is 10.8 Å². The molecule has 1 heteroatoms. The molecule has 0 bridgehead atoms. The van der Waals surface area contributed by atoms with E-state index in [9.17, 15) is 0 Å². The zero-order valence-electron chi connectivity index (χ0n) is 31.5. The molecule has 8 aromatic rings. The van der Waals surface area contributed by atoms with Gasteiger partial charge in [-0.3, -0.25) is 0 Å². The number of hydrogen-bond donors (Lipinski definition) is 0. The summed E-state index contributed by atoms with van der Waals surface area (Å²) in [5.41, 5.74) is 19.9. The Kier molecular flexibility index (Phi) is 7.14. The molecule has 0 amide bonds. The normalized spacial score (nSPS) is 15.5. The van der Waals surface area contributed by atoms with Crippen LogP contribution in [0.2, 0.25) is 0 Å². The van der Waals surface area contributed by atoms with Crippen LogP contribution in [0, 0.1) is 0 Å². The first-order valence-electron chi connectivity index (χ1n) is 20.0. The van der Waals surface area contributed by atoms with Gasteiger partial charge in [-0.05, 0) is 104 Å². The van der Waals surface area contributed by atoms with Crippen LogP contribution < -0.4 is 4.90 Å². The molecule has 0 aliphatic heterocycles. The van der Waals surface area contributed by atoms with Gasteiger partial charge >= 0.3 is 0 Å². The maximum absolute atomic E-state index is 2.55. The van der Waals surface area contributed by atoms with Gasteiger partial charge in [0.05, 0.1) is 5.69 Å². The van der Waals surface area contributed by atoms with Crippen LogP contribution in [-0.4, -0.2) is 0 Å². The van der Waals surface area contributed by atoms with Crippen LogP contribution in [0.15, 0.2) is 176 Å². The minimum absolute atomic E-state index is 0.0799. The second-order valence-electron chi connectivity index (χ2n) is 16.4. The second-order valence-corrected chi connectivity index (χ2v) is 16.4. The lowest BCUT2D eigenvalue weighted by molar-refractivity contribution is 0.550.